The molecule has 2 heterocycles. The van der Waals surface area contributed by atoms with Crippen molar-refractivity contribution < 1.29 is 29.1 Å². The Morgan fingerprint density at radius 1 is 0.914 bits per heavy atom. The number of aromatic nitrogens is 1. The van der Waals surface area contributed by atoms with Gasteiger partial charge in [-0.3, -0.25) is 28.9 Å². The Labute approximate surface area is 201 Å². The summed E-state index contributed by atoms with van der Waals surface area (Å²) in [7, 11) is 0. The molecule has 0 radical (unpaired) electrons. The van der Waals surface area contributed by atoms with E-state index in [0.29, 0.717) is 48.0 Å². The molecule has 0 aliphatic carbocycles. The number of amides is 3. The first-order valence-corrected chi connectivity index (χ1v) is 10.9. The Bertz CT molecular complexity index is 1270. The van der Waals surface area contributed by atoms with Crippen LogP contribution >= 0.6 is 0 Å². The van der Waals surface area contributed by atoms with E-state index in [4.69, 9.17) is 21.4 Å². The van der Waals surface area contributed by atoms with Crippen LogP contribution in [0.25, 0.3) is 10.9 Å². The van der Waals surface area contributed by atoms with Crippen molar-refractivity contribution in [3.8, 4) is 0 Å². The summed E-state index contributed by atoms with van der Waals surface area (Å²) in [6, 6.07) is 12.8. The van der Waals surface area contributed by atoms with Gasteiger partial charge in [-0.2, -0.15) is 0 Å². The lowest BCUT2D eigenvalue weighted by atomic mass is 10.0. The van der Waals surface area contributed by atoms with E-state index in [9.17, 15) is 19.2 Å². The second-order valence-electron chi connectivity index (χ2n) is 8.03. The Balaban J connectivity index is 0.000000795. The first-order valence-electron chi connectivity index (χ1n) is 10.9. The quantitative estimate of drug-likeness (QED) is 0.192. The highest BCUT2D eigenvalue weighted by molar-refractivity contribution is 6.21. The average molecular weight is 479 g/mol. The molecule has 1 aliphatic rings. The molecular weight excluding hydrogens is 452 g/mol. The van der Waals surface area contributed by atoms with Crippen molar-refractivity contribution in [3.05, 3.63) is 71.4 Å². The lowest BCUT2D eigenvalue weighted by Gasteiger charge is -2.13. The Hall–Kier alpha value is -4.31. The number of fused-ring (bicyclic) bond motifs is 2. The van der Waals surface area contributed by atoms with Gasteiger partial charge in [0.15, 0.2) is 5.78 Å². The van der Waals surface area contributed by atoms with Crippen LogP contribution < -0.4 is 11.5 Å². The van der Waals surface area contributed by atoms with E-state index in [0.717, 1.165) is 12.4 Å². The lowest BCUT2D eigenvalue weighted by molar-refractivity contribution is -0.134. The number of carbonyl (C=O) groups excluding carboxylic acids is 4. The number of benzene rings is 2. The van der Waals surface area contributed by atoms with Crippen LogP contribution in [0.2, 0.25) is 0 Å². The van der Waals surface area contributed by atoms with Crippen molar-refractivity contribution in [3.63, 3.8) is 0 Å². The van der Waals surface area contributed by atoms with Gasteiger partial charge in [0.25, 0.3) is 17.8 Å². The number of Topliss-reactive ketones (excluding diaryl/α,β-unsaturated/α-hetero) is 1. The number of primary amides is 1. The minimum absolute atomic E-state index is 0.264. The van der Waals surface area contributed by atoms with E-state index in [-0.39, 0.29) is 11.8 Å². The molecule has 1 unspecified atom stereocenters. The van der Waals surface area contributed by atoms with Gasteiger partial charge in [0.1, 0.15) is 6.04 Å². The fourth-order valence-electron chi connectivity index (χ4n) is 3.92. The molecule has 0 saturated carbocycles. The van der Waals surface area contributed by atoms with Gasteiger partial charge in [0.05, 0.1) is 11.1 Å². The molecule has 5 N–H and O–H groups in total. The molecule has 1 atom stereocenters. The first-order chi connectivity index (χ1) is 16.6. The highest BCUT2D eigenvalue weighted by Gasteiger charge is 2.34. The summed E-state index contributed by atoms with van der Waals surface area (Å²) in [6.45, 7) is 1.98. The van der Waals surface area contributed by atoms with E-state index in [1.54, 1.807) is 36.5 Å². The molecule has 0 saturated heterocycles. The van der Waals surface area contributed by atoms with Gasteiger partial charge >= 0.3 is 0 Å². The van der Waals surface area contributed by atoms with Gasteiger partial charge < -0.3 is 21.1 Å². The zero-order valence-electron chi connectivity index (χ0n) is 19.1. The van der Waals surface area contributed by atoms with Crippen molar-refractivity contribution in [1.29, 1.82) is 0 Å². The van der Waals surface area contributed by atoms with Crippen molar-refractivity contribution in [2.75, 3.05) is 6.54 Å². The summed E-state index contributed by atoms with van der Waals surface area (Å²) < 4.78 is 1.92. The van der Waals surface area contributed by atoms with Gasteiger partial charge in [0, 0.05) is 42.7 Å². The maximum absolute atomic E-state index is 12.6. The third-order valence-corrected chi connectivity index (χ3v) is 5.55. The normalized spacial score (nSPS) is 13.3. The molecule has 3 amide bonds. The number of nitrogens with zero attached hydrogens (tertiary/aromatic N) is 2. The van der Waals surface area contributed by atoms with Crippen LogP contribution in [0.5, 0.6) is 0 Å². The number of carboxylic acid groups (broad SMARTS) is 1. The summed E-state index contributed by atoms with van der Waals surface area (Å²) in [4.78, 5) is 59.1. The highest BCUT2D eigenvalue weighted by atomic mass is 16.4. The molecule has 0 spiro atoms. The molecule has 2 aromatic carbocycles. The van der Waals surface area contributed by atoms with Gasteiger partial charge in [-0.1, -0.05) is 30.3 Å². The SMILES string of the molecule is CC(=O)O.NC(=O)C(N)C(=O)c1cn(CCCCN2C(=O)c3ccccc3C2=O)c2ccccc12. The molecule has 1 aliphatic heterocycles. The van der Waals surface area contributed by atoms with E-state index in [1.165, 1.54) is 4.90 Å². The summed E-state index contributed by atoms with van der Waals surface area (Å²) in [6.07, 6.45) is 2.97. The lowest BCUT2D eigenvalue weighted by Crippen LogP contribution is -2.43. The number of hydrogen-bond donors (Lipinski definition) is 3. The molecular formula is C25H26N4O6. The van der Waals surface area contributed by atoms with Crippen LogP contribution in [0, 0.1) is 0 Å². The predicted molar refractivity (Wildman–Crippen MR) is 128 cm³/mol. The van der Waals surface area contributed by atoms with E-state index >= 15 is 0 Å². The number of para-hydroxylation sites is 1. The molecule has 0 fully saturated rings. The zero-order valence-corrected chi connectivity index (χ0v) is 19.1. The second kappa shape index (κ2) is 10.7. The number of aliphatic carboxylic acids is 1. The monoisotopic (exact) mass is 478 g/mol. The zero-order chi connectivity index (χ0) is 25.7. The molecule has 10 nitrogen and oxygen atoms in total. The summed E-state index contributed by atoms with van der Waals surface area (Å²) >= 11 is 0. The third kappa shape index (κ3) is 5.44. The van der Waals surface area contributed by atoms with E-state index in [1.807, 2.05) is 22.8 Å². The average Bonchev–Trinajstić information content (AvgIpc) is 3.31. The third-order valence-electron chi connectivity index (χ3n) is 5.55. The van der Waals surface area contributed by atoms with Gasteiger partial charge in [0.2, 0.25) is 5.91 Å². The maximum Gasteiger partial charge on any atom is 0.300 e. The molecule has 10 heteroatoms. The Morgan fingerprint density at radius 2 is 1.43 bits per heavy atom. The van der Waals surface area contributed by atoms with E-state index < -0.39 is 23.7 Å². The largest absolute Gasteiger partial charge is 0.481 e. The van der Waals surface area contributed by atoms with Gasteiger partial charge in [-0.05, 0) is 31.0 Å². The van der Waals surface area contributed by atoms with Crippen molar-refractivity contribution in [2.45, 2.75) is 32.4 Å². The maximum atomic E-state index is 12.6. The number of nitrogens with two attached hydrogens (primary N) is 2. The molecule has 182 valence electrons. The molecule has 3 aromatic rings. The van der Waals surface area contributed by atoms with Crippen molar-refractivity contribution in [2.24, 2.45) is 11.5 Å². The number of aryl methyl sites for hydroxylation is 1. The van der Waals surface area contributed by atoms with Crippen LogP contribution in [0.1, 0.15) is 50.8 Å². The number of carbonyl (C=O) groups is 5. The molecule has 0 bridgehead atoms. The number of unbranched alkanes of at least 4 members (excludes halogenated alkanes) is 1. The number of carboxylic acids is 1. The number of imide groups is 1. The fourth-order valence-corrected chi connectivity index (χ4v) is 3.92. The first kappa shape index (κ1) is 25.3. The number of rotatable bonds is 8. The smallest absolute Gasteiger partial charge is 0.300 e. The Morgan fingerprint density at radius 3 is 2.00 bits per heavy atom. The van der Waals surface area contributed by atoms with E-state index in [2.05, 4.69) is 0 Å². The minimum atomic E-state index is -1.40. The standard InChI is InChI=1S/C23H22N4O4.C2H4O2/c24-19(21(25)29)20(28)17-13-26(18-10-4-3-7-14(17)18)11-5-6-12-27-22(30)15-8-1-2-9-16(15)23(27)31;1-2(3)4/h1-4,7-10,13,19H,5-6,11-12,24H2,(H2,25,29);1H3,(H,3,4). The van der Waals surface area contributed by atoms with Crippen molar-refractivity contribution in [1.82, 2.24) is 9.47 Å². The van der Waals surface area contributed by atoms with Crippen LogP contribution in [0.4, 0.5) is 0 Å². The van der Waals surface area contributed by atoms with Crippen LogP contribution in [0.15, 0.2) is 54.7 Å². The molecule has 35 heavy (non-hydrogen) atoms. The highest BCUT2D eigenvalue weighted by Crippen LogP contribution is 2.25. The van der Waals surface area contributed by atoms with Gasteiger partial charge in [-0.15, -0.1) is 0 Å². The second-order valence-corrected chi connectivity index (χ2v) is 8.03. The Kier molecular flexibility index (Phi) is 7.77. The van der Waals surface area contributed by atoms with Crippen LogP contribution in [0.3, 0.4) is 0 Å². The summed E-state index contributed by atoms with van der Waals surface area (Å²) in [5.74, 6) is -2.75. The molecule has 4 rings (SSSR count). The van der Waals surface area contributed by atoms with Crippen molar-refractivity contribution >= 4 is 40.4 Å². The molecule has 1 aromatic heterocycles. The van der Waals surface area contributed by atoms with Crippen LogP contribution in [-0.2, 0) is 16.1 Å². The fraction of sp³-hybridized carbons (Fsp3) is 0.240. The predicted octanol–water partition coefficient (Wildman–Crippen LogP) is 1.80. The minimum Gasteiger partial charge on any atom is -0.481 e. The van der Waals surface area contributed by atoms with Crippen LogP contribution in [-0.4, -0.2) is 56.6 Å². The summed E-state index contributed by atoms with van der Waals surface area (Å²) in [5, 5.41) is 8.12. The summed E-state index contributed by atoms with van der Waals surface area (Å²) in [5.41, 5.74) is 12.9. The topological polar surface area (TPSA) is 166 Å². The van der Waals surface area contributed by atoms with Gasteiger partial charge in [-0.25, -0.2) is 0 Å². The number of hydrogen-bond acceptors (Lipinski definition) is 6. The number of ketones is 1.